The summed E-state index contributed by atoms with van der Waals surface area (Å²) in [6.45, 7) is 0. The summed E-state index contributed by atoms with van der Waals surface area (Å²) in [7, 11) is 0. The van der Waals surface area contributed by atoms with Crippen LogP contribution in [-0.2, 0) is 11.0 Å². The van der Waals surface area contributed by atoms with Gasteiger partial charge in [-0.15, -0.1) is 0 Å². The van der Waals surface area contributed by atoms with Crippen LogP contribution in [0.5, 0.6) is 0 Å². The minimum absolute atomic E-state index is 0.00900. The van der Waals surface area contributed by atoms with E-state index in [4.69, 9.17) is 4.99 Å². The monoisotopic (exact) mass is 491 g/mol. The predicted octanol–water partition coefficient (Wildman–Crippen LogP) is 5.91. The van der Waals surface area contributed by atoms with Crippen molar-refractivity contribution in [1.82, 2.24) is 5.32 Å². The zero-order valence-corrected chi connectivity index (χ0v) is 19.3. The van der Waals surface area contributed by atoms with Crippen molar-refractivity contribution >= 4 is 28.9 Å². The summed E-state index contributed by atoms with van der Waals surface area (Å²) in [5.74, 6) is -0.939. The maximum absolute atomic E-state index is 13.9. The lowest BCUT2D eigenvalue weighted by Crippen LogP contribution is -2.57. The summed E-state index contributed by atoms with van der Waals surface area (Å²) in [6.07, 6.45) is -0.756. The zero-order chi connectivity index (χ0) is 25.3. The number of halogens is 3. The fourth-order valence-corrected chi connectivity index (χ4v) is 4.81. The molecule has 36 heavy (non-hydrogen) atoms. The minimum Gasteiger partial charge on any atom is -0.351 e. The fourth-order valence-electron chi connectivity index (χ4n) is 4.81. The first kappa shape index (κ1) is 23.8. The Bertz CT molecular complexity index is 1300. The number of para-hydroxylation sites is 2. The van der Waals surface area contributed by atoms with Gasteiger partial charge in [-0.2, -0.15) is 13.2 Å². The van der Waals surface area contributed by atoms with E-state index in [0.29, 0.717) is 22.6 Å². The van der Waals surface area contributed by atoms with Gasteiger partial charge in [-0.3, -0.25) is 14.5 Å². The van der Waals surface area contributed by atoms with Crippen LogP contribution in [-0.4, -0.2) is 29.6 Å². The van der Waals surface area contributed by atoms with E-state index in [0.717, 1.165) is 49.9 Å². The average Bonchev–Trinajstić information content (AvgIpc) is 3.40. The molecule has 1 aliphatic carbocycles. The Labute approximate surface area is 206 Å². The highest BCUT2D eigenvalue weighted by molar-refractivity contribution is 6.26. The molecule has 1 unspecified atom stereocenters. The third-order valence-corrected chi connectivity index (χ3v) is 6.60. The SMILES string of the molecule is O=C(NC1CCCC1)C1C(c2ccccc2)=Nc2ccccc2N1C(=O)c1ccc(C(F)(F)F)cc1. The number of nitrogens with one attached hydrogen (secondary N) is 1. The molecule has 3 aromatic rings. The van der Waals surface area contributed by atoms with Crippen LogP contribution in [0.15, 0.2) is 83.9 Å². The van der Waals surface area contributed by atoms with Crippen LogP contribution in [0.3, 0.4) is 0 Å². The summed E-state index contributed by atoms with van der Waals surface area (Å²) >= 11 is 0. The van der Waals surface area contributed by atoms with Gasteiger partial charge in [0, 0.05) is 11.6 Å². The molecule has 5 nitrogen and oxygen atoms in total. The summed E-state index contributed by atoms with van der Waals surface area (Å²) in [5.41, 5.74) is 1.22. The Balaban J connectivity index is 1.61. The van der Waals surface area contributed by atoms with Gasteiger partial charge >= 0.3 is 6.18 Å². The molecular formula is C28H24F3N3O2. The molecule has 1 fully saturated rings. The summed E-state index contributed by atoms with van der Waals surface area (Å²) in [5, 5.41) is 3.08. The van der Waals surface area contributed by atoms with Crippen LogP contribution in [0.4, 0.5) is 24.5 Å². The lowest BCUT2D eigenvalue weighted by molar-refractivity contribution is -0.137. The van der Waals surface area contributed by atoms with E-state index in [1.54, 1.807) is 24.3 Å². The number of hydrogen-bond donors (Lipinski definition) is 1. The fraction of sp³-hybridized carbons (Fsp3) is 0.250. The molecule has 0 spiro atoms. The summed E-state index contributed by atoms with van der Waals surface area (Å²) in [6, 6.07) is 19.1. The highest BCUT2D eigenvalue weighted by Crippen LogP contribution is 2.38. The molecule has 3 aromatic carbocycles. The highest BCUT2D eigenvalue weighted by Gasteiger charge is 2.41. The van der Waals surface area contributed by atoms with E-state index >= 15 is 0 Å². The van der Waals surface area contributed by atoms with Crippen molar-refractivity contribution in [2.45, 2.75) is 43.9 Å². The Morgan fingerprint density at radius 3 is 2.17 bits per heavy atom. The molecule has 1 N–H and O–H groups in total. The third-order valence-electron chi connectivity index (χ3n) is 6.60. The number of carbonyl (C=O) groups excluding carboxylic acids is 2. The number of nitrogens with zero attached hydrogens (tertiary/aromatic N) is 2. The molecule has 2 aliphatic rings. The largest absolute Gasteiger partial charge is 0.416 e. The Hall–Kier alpha value is -3.94. The van der Waals surface area contributed by atoms with Crippen molar-refractivity contribution in [3.05, 3.63) is 95.6 Å². The molecule has 1 atom stereocenters. The van der Waals surface area contributed by atoms with Crippen molar-refractivity contribution in [3.63, 3.8) is 0 Å². The first-order valence-corrected chi connectivity index (χ1v) is 11.9. The first-order valence-electron chi connectivity index (χ1n) is 11.9. The summed E-state index contributed by atoms with van der Waals surface area (Å²) < 4.78 is 39.3. The van der Waals surface area contributed by atoms with Crippen molar-refractivity contribution < 1.29 is 22.8 Å². The molecule has 0 radical (unpaired) electrons. The highest BCUT2D eigenvalue weighted by atomic mass is 19.4. The molecule has 1 heterocycles. The lowest BCUT2D eigenvalue weighted by Gasteiger charge is -2.36. The summed E-state index contributed by atoms with van der Waals surface area (Å²) in [4.78, 5) is 33.7. The lowest BCUT2D eigenvalue weighted by atomic mass is 9.95. The van der Waals surface area contributed by atoms with E-state index in [1.807, 2.05) is 30.3 Å². The second-order valence-electron chi connectivity index (χ2n) is 8.99. The van der Waals surface area contributed by atoms with Gasteiger partial charge in [0.05, 0.1) is 22.6 Å². The molecule has 1 saturated carbocycles. The van der Waals surface area contributed by atoms with Crippen LogP contribution in [0.1, 0.15) is 47.2 Å². The third kappa shape index (κ3) is 4.63. The normalized spacial score (nSPS) is 17.9. The number of amides is 2. The number of hydrogen-bond acceptors (Lipinski definition) is 3. The number of aliphatic imine (C=N–C) groups is 1. The van der Waals surface area contributed by atoms with E-state index in [-0.39, 0.29) is 17.5 Å². The van der Waals surface area contributed by atoms with Gasteiger partial charge in [-0.25, -0.2) is 4.99 Å². The molecule has 5 rings (SSSR count). The molecule has 0 saturated heterocycles. The molecule has 8 heteroatoms. The van der Waals surface area contributed by atoms with E-state index in [1.165, 1.54) is 4.90 Å². The molecule has 0 aromatic heterocycles. The van der Waals surface area contributed by atoms with Gasteiger partial charge in [-0.05, 0) is 54.8 Å². The van der Waals surface area contributed by atoms with Crippen molar-refractivity contribution in [2.75, 3.05) is 4.90 Å². The van der Waals surface area contributed by atoms with Crippen LogP contribution in [0.25, 0.3) is 0 Å². The second kappa shape index (κ2) is 9.60. The predicted molar refractivity (Wildman–Crippen MR) is 132 cm³/mol. The zero-order valence-electron chi connectivity index (χ0n) is 19.3. The quantitative estimate of drug-likeness (QED) is 0.493. The number of anilines is 1. The average molecular weight is 492 g/mol. The van der Waals surface area contributed by atoms with Crippen LogP contribution < -0.4 is 10.2 Å². The Morgan fingerprint density at radius 1 is 0.861 bits per heavy atom. The van der Waals surface area contributed by atoms with E-state index < -0.39 is 23.7 Å². The van der Waals surface area contributed by atoms with Gasteiger partial charge in [0.25, 0.3) is 5.91 Å². The Morgan fingerprint density at radius 2 is 1.50 bits per heavy atom. The maximum atomic E-state index is 13.9. The van der Waals surface area contributed by atoms with Gasteiger partial charge in [0.15, 0.2) is 6.04 Å². The molecule has 2 amide bonds. The smallest absolute Gasteiger partial charge is 0.351 e. The minimum atomic E-state index is -4.52. The van der Waals surface area contributed by atoms with Crippen LogP contribution in [0, 0.1) is 0 Å². The van der Waals surface area contributed by atoms with Gasteiger partial charge in [0.2, 0.25) is 5.91 Å². The van der Waals surface area contributed by atoms with Crippen molar-refractivity contribution in [2.24, 2.45) is 4.99 Å². The van der Waals surface area contributed by atoms with Gasteiger partial charge in [-0.1, -0.05) is 55.3 Å². The number of benzene rings is 3. The van der Waals surface area contributed by atoms with E-state index in [9.17, 15) is 22.8 Å². The molecule has 1 aliphatic heterocycles. The van der Waals surface area contributed by atoms with Crippen LogP contribution >= 0.6 is 0 Å². The number of rotatable bonds is 4. The van der Waals surface area contributed by atoms with Crippen molar-refractivity contribution in [1.29, 1.82) is 0 Å². The number of fused-ring (bicyclic) bond motifs is 1. The standard InChI is InChI=1S/C28H24F3N3O2/c29-28(30,31)20-16-14-19(15-17-20)27(36)34-23-13-7-6-12-22(23)33-24(18-8-2-1-3-9-18)25(34)26(35)32-21-10-4-5-11-21/h1-3,6-9,12-17,21,25H,4-5,10-11H2,(H,32,35). The second-order valence-corrected chi connectivity index (χ2v) is 8.99. The molecule has 184 valence electrons. The van der Waals surface area contributed by atoms with Crippen molar-refractivity contribution in [3.8, 4) is 0 Å². The van der Waals surface area contributed by atoms with Gasteiger partial charge < -0.3 is 5.32 Å². The number of alkyl halides is 3. The topological polar surface area (TPSA) is 61.8 Å². The maximum Gasteiger partial charge on any atom is 0.416 e. The Kier molecular flexibility index (Phi) is 6.35. The molecular weight excluding hydrogens is 467 g/mol. The van der Waals surface area contributed by atoms with Crippen LogP contribution in [0.2, 0.25) is 0 Å². The number of carbonyl (C=O) groups is 2. The molecule has 0 bridgehead atoms. The first-order chi connectivity index (χ1) is 17.3. The van der Waals surface area contributed by atoms with Gasteiger partial charge in [0.1, 0.15) is 0 Å². The van der Waals surface area contributed by atoms with E-state index in [2.05, 4.69) is 5.32 Å².